The van der Waals surface area contributed by atoms with Gasteiger partial charge in [0.2, 0.25) is 0 Å². The molecule has 0 spiro atoms. The first-order valence-corrected chi connectivity index (χ1v) is 5.87. The van der Waals surface area contributed by atoms with Crippen LogP contribution < -0.4 is 5.73 Å². The van der Waals surface area contributed by atoms with E-state index >= 15 is 0 Å². The van der Waals surface area contributed by atoms with Crippen LogP contribution in [-0.4, -0.2) is 47.0 Å². The van der Waals surface area contributed by atoms with E-state index < -0.39 is 0 Å². The minimum Gasteiger partial charge on any atom is -0.382 e. The van der Waals surface area contributed by atoms with E-state index in [2.05, 4.69) is 16.9 Å². The van der Waals surface area contributed by atoms with Gasteiger partial charge in [-0.05, 0) is 19.4 Å². The Hall–Kier alpha value is -1.07. The number of nitrogens with zero attached hydrogens (tertiary/aromatic N) is 3. The van der Waals surface area contributed by atoms with Gasteiger partial charge in [0.15, 0.2) is 0 Å². The Morgan fingerprint density at radius 3 is 3.12 bits per heavy atom. The van der Waals surface area contributed by atoms with Crippen molar-refractivity contribution in [1.29, 1.82) is 0 Å². The van der Waals surface area contributed by atoms with Gasteiger partial charge in [0.05, 0.1) is 12.7 Å². The molecular weight excluding hydrogens is 204 g/mol. The predicted octanol–water partition coefficient (Wildman–Crippen LogP) is 0.576. The molecule has 0 bridgehead atoms. The molecule has 2 N–H and O–H groups in total. The molecule has 1 aromatic rings. The van der Waals surface area contributed by atoms with Crippen LogP contribution in [0.3, 0.4) is 0 Å². The maximum atomic E-state index is 5.55. The lowest BCUT2D eigenvalue weighted by atomic mass is 10.3. The molecule has 1 aliphatic rings. The number of aromatic nitrogens is 2. The molecule has 2 heterocycles. The molecule has 0 amide bonds. The minimum atomic E-state index is 0.370. The van der Waals surface area contributed by atoms with Crippen LogP contribution in [0.25, 0.3) is 0 Å². The lowest BCUT2D eigenvalue weighted by molar-refractivity contribution is -0.0188. The Morgan fingerprint density at radius 1 is 1.56 bits per heavy atom. The topological polar surface area (TPSA) is 56.3 Å². The third-order valence-corrected chi connectivity index (χ3v) is 2.85. The molecule has 1 aliphatic heterocycles. The van der Waals surface area contributed by atoms with Gasteiger partial charge in [-0.25, -0.2) is 0 Å². The van der Waals surface area contributed by atoms with Gasteiger partial charge < -0.3 is 10.5 Å². The van der Waals surface area contributed by atoms with Crippen LogP contribution in [0, 0.1) is 0 Å². The molecule has 16 heavy (non-hydrogen) atoms. The summed E-state index contributed by atoms with van der Waals surface area (Å²) in [5, 5.41) is 4.16. The second-order valence-corrected chi connectivity index (χ2v) is 4.34. The summed E-state index contributed by atoms with van der Waals surface area (Å²) in [6, 6.07) is 1.83. The smallest absolute Gasteiger partial charge is 0.145 e. The predicted molar refractivity (Wildman–Crippen MR) is 63.1 cm³/mol. The minimum absolute atomic E-state index is 0.370. The highest BCUT2D eigenvalue weighted by molar-refractivity contribution is 5.23. The van der Waals surface area contributed by atoms with Gasteiger partial charge in [-0.2, -0.15) is 5.10 Å². The Bertz CT molecular complexity index is 326. The molecule has 0 aliphatic carbocycles. The molecule has 2 rings (SSSR count). The van der Waals surface area contributed by atoms with Crippen molar-refractivity contribution < 1.29 is 4.74 Å². The first kappa shape index (κ1) is 11.4. The molecule has 0 radical (unpaired) electrons. The Kier molecular flexibility index (Phi) is 3.79. The van der Waals surface area contributed by atoms with Gasteiger partial charge in [-0.3, -0.25) is 9.58 Å². The van der Waals surface area contributed by atoms with Crippen LogP contribution in [0.15, 0.2) is 12.3 Å². The summed E-state index contributed by atoms with van der Waals surface area (Å²) in [5.41, 5.74) is 5.55. The van der Waals surface area contributed by atoms with Crippen molar-refractivity contribution in [3.05, 3.63) is 12.3 Å². The van der Waals surface area contributed by atoms with E-state index in [0.717, 1.165) is 39.2 Å². The van der Waals surface area contributed by atoms with Crippen molar-refractivity contribution in [3.8, 4) is 0 Å². The molecule has 0 aromatic carbocycles. The Morgan fingerprint density at radius 2 is 2.44 bits per heavy atom. The molecule has 5 nitrogen and oxygen atoms in total. The summed E-state index contributed by atoms with van der Waals surface area (Å²) in [6.07, 6.45) is 3.40. The SMILES string of the molecule is CC1CN(CCCn2ccc(N)n2)CCO1. The van der Waals surface area contributed by atoms with E-state index in [0.29, 0.717) is 11.9 Å². The van der Waals surface area contributed by atoms with Crippen LogP contribution in [0.4, 0.5) is 5.82 Å². The van der Waals surface area contributed by atoms with Crippen LogP contribution in [0.1, 0.15) is 13.3 Å². The van der Waals surface area contributed by atoms with Crippen molar-refractivity contribution in [1.82, 2.24) is 14.7 Å². The second kappa shape index (κ2) is 5.32. The van der Waals surface area contributed by atoms with Gasteiger partial charge in [0.25, 0.3) is 0 Å². The van der Waals surface area contributed by atoms with Gasteiger partial charge in [-0.1, -0.05) is 0 Å². The van der Waals surface area contributed by atoms with Crippen molar-refractivity contribution >= 4 is 5.82 Å². The molecule has 1 atom stereocenters. The van der Waals surface area contributed by atoms with Crippen LogP contribution in [0.2, 0.25) is 0 Å². The fourth-order valence-corrected chi connectivity index (χ4v) is 2.05. The highest BCUT2D eigenvalue weighted by Crippen LogP contribution is 2.05. The zero-order valence-corrected chi connectivity index (χ0v) is 9.80. The zero-order chi connectivity index (χ0) is 11.4. The highest BCUT2D eigenvalue weighted by atomic mass is 16.5. The van der Waals surface area contributed by atoms with Crippen molar-refractivity contribution in [2.75, 3.05) is 32.0 Å². The molecular formula is C11H20N4O. The normalized spacial score (nSPS) is 22.4. The standard InChI is InChI=1S/C11H20N4O/c1-10-9-14(7-8-16-10)4-2-5-15-6-3-11(12)13-15/h3,6,10H,2,4-5,7-9H2,1H3,(H2,12,13). The monoisotopic (exact) mass is 224 g/mol. The summed E-state index contributed by atoms with van der Waals surface area (Å²) in [5.74, 6) is 0.597. The third-order valence-electron chi connectivity index (χ3n) is 2.85. The summed E-state index contributed by atoms with van der Waals surface area (Å²) >= 11 is 0. The molecule has 90 valence electrons. The van der Waals surface area contributed by atoms with Crippen LogP contribution >= 0.6 is 0 Å². The van der Waals surface area contributed by atoms with E-state index in [9.17, 15) is 0 Å². The fourth-order valence-electron chi connectivity index (χ4n) is 2.05. The van der Waals surface area contributed by atoms with E-state index in [-0.39, 0.29) is 0 Å². The molecule has 1 unspecified atom stereocenters. The average molecular weight is 224 g/mol. The van der Waals surface area contributed by atoms with Crippen molar-refractivity contribution in [3.63, 3.8) is 0 Å². The van der Waals surface area contributed by atoms with Crippen LogP contribution in [-0.2, 0) is 11.3 Å². The lowest BCUT2D eigenvalue weighted by Crippen LogP contribution is -2.41. The van der Waals surface area contributed by atoms with Gasteiger partial charge in [0, 0.05) is 32.4 Å². The quantitative estimate of drug-likeness (QED) is 0.812. The number of nitrogen functional groups attached to an aromatic ring is 1. The summed E-state index contributed by atoms with van der Waals surface area (Å²) in [6.45, 7) is 7.11. The lowest BCUT2D eigenvalue weighted by Gasteiger charge is -2.30. The number of morpholine rings is 1. The van der Waals surface area contributed by atoms with E-state index in [1.54, 1.807) is 0 Å². The maximum Gasteiger partial charge on any atom is 0.145 e. The number of rotatable bonds is 4. The third kappa shape index (κ3) is 3.21. The van der Waals surface area contributed by atoms with Crippen molar-refractivity contribution in [2.45, 2.75) is 26.0 Å². The number of hydrogen-bond donors (Lipinski definition) is 1. The number of aryl methyl sites for hydroxylation is 1. The van der Waals surface area contributed by atoms with E-state index in [1.807, 2.05) is 16.9 Å². The molecule has 0 saturated carbocycles. The summed E-state index contributed by atoms with van der Waals surface area (Å²) < 4.78 is 7.40. The molecule has 1 fully saturated rings. The maximum absolute atomic E-state index is 5.55. The van der Waals surface area contributed by atoms with Crippen LogP contribution in [0.5, 0.6) is 0 Å². The first-order valence-electron chi connectivity index (χ1n) is 5.87. The van der Waals surface area contributed by atoms with E-state index in [4.69, 9.17) is 10.5 Å². The number of anilines is 1. The van der Waals surface area contributed by atoms with Gasteiger partial charge in [-0.15, -0.1) is 0 Å². The van der Waals surface area contributed by atoms with Crippen molar-refractivity contribution in [2.24, 2.45) is 0 Å². The Balaban J connectivity index is 1.67. The average Bonchev–Trinajstić information content (AvgIpc) is 2.64. The molecule has 5 heteroatoms. The van der Waals surface area contributed by atoms with E-state index in [1.165, 1.54) is 0 Å². The zero-order valence-electron chi connectivity index (χ0n) is 9.80. The number of hydrogen-bond acceptors (Lipinski definition) is 4. The molecule has 1 saturated heterocycles. The van der Waals surface area contributed by atoms with Gasteiger partial charge >= 0.3 is 0 Å². The summed E-state index contributed by atoms with van der Waals surface area (Å²) in [4.78, 5) is 2.45. The highest BCUT2D eigenvalue weighted by Gasteiger charge is 2.15. The number of ether oxygens (including phenoxy) is 1. The molecule has 1 aromatic heterocycles. The van der Waals surface area contributed by atoms with Gasteiger partial charge in [0.1, 0.15) is 5.82 Å². The fraction of sp³-hybridized carbons (Fsp3) is 0.727. The Labute approximate surface area is 96.2 Å². The largest absolute Gasteiger partial charge is 0.382 e. The summed E-state index contributed by atoms with van der Waals surface area (Å²) in [7, 11) is 0. The number of nitrogens with two attached hydrogens (primary N) is 1. The first-order chi connectivity index (χ1) is 7.74. The second-order valence-electron chi connectivity index (χ2n) is 4.34.